The molecule has 1 aliphatic heterocycles. The molecule has 1 saturated heterocycles. The average Bonchev–Trinajstić information content (AvgIpc) is 2.53. The molecule has 0 aliphatic carbocycles. The van der Waals surface area contributed by atoms with E-state index in [-0.39, 0.29) is 11.9 Å². The summed E-state index contributed by atoms with van der Waals surface area (Å²) in [6.45, 7) is 5.68. The maximum atomic E-state index is 12.6. The summed E-state index contributed by atoms with van der Waals surface area (Å²) in [6, 6.07) is 7.60. The van der Waals surface area contributed by atoms with Crippen LogP contribution in [0.25, 0.3) is 0 Å². The number of rotatable bonds is 5. The van der Waals surface area contributed by atoms with Gasteiger partial charge in [0.2, 0.25) is 5.91 Å². The van der Waals surface area contributed by atoms with Crippen molar-refractivity contribution in [3.8, 4) is 11.5 Å². The van der Waals surface area contributed by atoms with Crippen LogP contribution in [0.1, 0.15) is 26.7 Å². The Labute approximate surface area is 132 Å². The normalized spacial score (nSPS) is 16.5. The summed E-state index contributed by atoms with van der Waals surface area (Å²) >= 11 is 0. The molecule has 1 fully saturated rings. The van der Waals surface area contributed by atoms with Crippen molar-refractivity contribution in [1.82, 2.24) is 4.90 Å². The molecule has 1 aliphatic rings. The molecule has 0 bridgehead atoms. The number of ether oxygens (including phenoxy) is 2. The number of benzene rings is 1. The number of methoxy groups -OCH3 is 1. The van der Waals surface area contributed by atoms with Crippen molar-refractivity contribution in [3.05, 3.63) is 24.3 Å². The van der Waals surface area contributed by atoms with Crippen molar-refractivity contribution in [2.24, 2.45) is 11.1 Å². The van der Waals surface area contributed by atoms with Gasteiger partial charge in [-0.05, 0) is 51.0 Å². The topological polar surface area (TPSA) is 64.8 Å². The molecule has 0 spiro atoms. The molecule has 0 aromatic heterocycles. The third kappa shape index (κ3) is 4.13. The summed E-state index contributed by atoms with van der Waals surface area (Å²) in [4.78, 5) is 14.5. The molecule has 5 heteroatoms. The van der Waals surface area contributed by atoms with Crippen LogP contribution in [0.3, 0.4) is 0 Å². The molecule has 1 heterocycles. The van der Waals surface area contributed by atoms with Crippen LogP contribution < -0.4 is 15.2 Å². The van der Waals surface area contributed by atoms with Crippen LogP contribution in [-0.4, -0.2) is 43.7 Å². The predicted octanol–water partition coefficient (Wildman–Crippen LogP) is 2.05. The van der Waals surface area contributed by atoms with Crippen molar-refractivity contribution >= 4 is 5.91 Å². The SMILES string of the molecule is COc1ccc(OCC(C)(C)C(=O)N2CCC(N)CC2)cc1. The Balaban J connectivity index is 1.90. The van der Waals surface area contributed by atoms with Crippen LogP contribution >= 0.6 is 0 Å². The molecule has 1 aromatic carbocycles. The molecular weight excluding hydrogens is 280 g/mol. The Morgan fingerprint density at radius 2 is 1.77 bits per heavy atom. The van der Waals surface area contributed by atoms with E-state index in [1.54, 1.807) is 7.11 Å². The van der Waals surface area contributed by atoms with Gasteiger partial charge in [-0.1, -0.05) is 0 Å². The van der Waals surface area contributed by atoms with Gasteiger partial charge in [-0.3, -0.25) is 4.79 Å². The highest BCUT2D eigenvalue weighted by atomic mass is 16.5. The Bertz CT molecular complexity index is 491. The highest BCUT2D eigenvalue weighted by molar-refractivity contribution is 5.82. The first-order valence-corrected chi connectivity index (χ1v) is 7.74. The summed E-state index contributed by atoms with van der Waals surface area (Å²) in [5.74, 6) is 1.66. The van der Waals surface area contributed by atoms with E-state index in [1.807, 2.05) is 43.0 Å². The minimum absolute atomic E-state index is 0.132. The number of nitrogens with two attached hydrogens (primary N) is 1. The molecule has 0 atom stereocenters. The third-order valence-electron chi connectivity index (χ3n) is 4.06. The van der Waals surface area contributed by atoms with E-state index in [4.69, 9.17) is 15.2 Å². The zero-order valence-corrected chi connectivity index (χ0v) is 13.7. The highest BCUT2D eigenvalue weighted by Crippen LogP contribution is 2.24. The lowest BCUT2D eigenvalue weighted by Gasteiger charge is -2.36. The minimum atomic E-state index is -0.554. The number of hydrogen-bond acceptors (Lipinski definition) is 4. The van der Waals surface area contributed by atoms with Crippen LogP contribution in [0.15, 0.2) is 24.3 Å². The maximum absolute atomic E-state index is 12.6. The van der Waals surface area contributed by atoms with Crippen molar-refractivity contribution < 1.29 is 14.3 Å². The predicted molar refractivity (Wildman–Crippen MR) is 86.1 cm³/mol. The maximum Gasteiger partial charge on any atom is 0.231 e. The summed E-state index contributed by atoms with van der Waals surface area (Å²) in [5.41, 5.74) is 5.34. The van der Waals surface area contributed by atoms with Crippen LogP contribution in [0.2, 0.25) is 0 Å². The lowest BCUT2D eigenvalue weighted by atomic mass is 9.91. The van der Waals surface area contributed by atoms with Gasteiger partial charge in [0.25, 0.3) is 0 Å². The molecule has 1 aromatic rings. The Morgan fingerprint density at radius 3 is 2.32 bits per heavy atom. The quantitative estimate of drug-likeness (QED) is 0.904. The van der Waals surface area contributed by atoms with Gasteiger partial charge in [0.05, 0.1) is 12.5 Å². The molecule has 2 N–H and O–H groups in total. The summed E-state index contributed by atoms with van der Waals surface area (Å²) in [5, 5.41) is 0. The van der Waals surface area contributed by atoms with Crippen molar-refractivity contribution in [1.29, 1.82) is 0 Å². The Kier molecular flexibility index (Phi) is 5.29. The number of likely N-dealkylation sites (tertiary alicyclic amines) is 1. The molecule has 2 rings (SSSR count). The first-order chi connectivity index (χ1) is 10.4. The molecule has 0 radical (unpaired) electrons. The fraction of sp³-hybridized carbons (Fsp3) is 0.588. The second kappa shape index (κ2) is 7.01. The summed E-state index contributed by atoms with van der Waals surface area (Å²) < 4.78 is 10.9. The van der Waals surface area contributed by atoms with E-state index in [9.17, 15) is 4.79 Å². The molecular formula is C17H26N2O3. The van der Waals surface area contributed by atoms with Crippen molar-refractivity contribution in [2.45, 2.75) is 32.7 Å². The van der Waals surface area contributed by atoms with E-state index >= 15 is 0 Å². The lowest BCUT2D eigenvalue weighted by molar-refractivity contribution is -0.143. The largest absolute Gasteiger partial charge is 0.497 e. The fourth-order valence-electron chi connectivity index (χ4n) is 2.53. The van der Waals surface area contributed by atoms with Crippen molar-refractivity contribution in [2.75, 3.05) is 26.8 Å². The molecule has 0 saturated carbocycles. The molecule has 122 valence electrons. The van der Waals surface area contributed by atoms with Crippen LogP contribution in [0, 0.1) is 5.41 Å². The van der Waals surface area contributed by atoms with Gasteiger partial charge in [0, 0.05) is 19.1 Å². The lowest BCUT2D eigenvalue weighted by Crippen LogP contribution is -2.49. The van der Waals surface area contributed by atoms with E-state index in [0.29, 0.717) is 6.61 Å². The summed E-state index contributed by atoms with van der Waals surface area (Å²) in [6.07, 6.45) is 1.75. The number of hydrogen-bond donors (Lipinski definition) is 1. The smallest absolute Gasteiger partial charge is 0.231 e. The second-order valence-electron chi connectivity index (χ2n) is 6.48. The third-order valence-corrected chi connectivity index (χ3v) is 4.06. The van der Waals surface area contributed by atoms with E-state index in [2.05, 4.69) is 0 Å². The highest BCUT2D eigenvalue weighted by Gasteiger charge is 2.34. The fourth-order valence-corrected chi connectivity index (χ4v) is 2.53. The zero-order chi connectivity index (χ0) is 16.2. The van der Waals surface area contributed by atoms with Gasteiger partial charge in [-0.2, -0.15) is 0 Å². The Hall–Kier alpha value is -1.75. The number of carbonyl (C=O) groups excluding carboxylic acids is 1. The number of carbonyl (C=O) groups is 1. The zero-order valence-electron chi connectivity index (χ0n) is 13.7. The second-order valence-corrected chi connectivity index (χ2v) is 6.48. The standard InChI is InChI=1S/C17H26N2O3/c1-17(2,16(20)19-10-8-13(18)9-11-19)12-22-15-6-4-14(21-3)5-7-15/h4-7,13H,8-12,18H2,1-3H3. The van der Waals surface area contributed by atoms with Crippen molar-refractivity contribution in [3.63, 3.8) is 0 Å². The first kappa shape index (κ1) is 16.6. The molecule has 0 unspecified atom stereocenters. The molecule has 1 amide bonds. The van der Waals surface area contributed by atoms with Crippen LogP contribution in [0.5, 0.6) is 11.5 Å². The average molecular weight is 306 g/mol. The van der Waals surface area contributed by atoms with E-state index in [1.165, 1.54) is 0 Å². The van der Waals surface area contributed by atoms with Gasteiger partial charge in [-0.25, -0.2) is 0 Å². The molecule has 22 heavy (non-hydrogen) atoms. The van der Waals surface area contributed by atoms with E-state index < -0.39 is 5.41 Å². The van der Waals surface area contributed by atoms with Gasteiger partial charge in [0.15, 0.2) is 0 Å². The van der Waals surface area contributed by atoms with Gasteiger partial charge >= 0.3 is 0 Å². The monoisotopic (exact) mass is 306 g/mol. The number of nitrogens with zero attached hydrogens (tertiary/aromatic N) is 1. The van der Waals surface area contributed by atoms with E-state index in [0.717, 1.165) is 37.4 Å². The first-order valence-electron chi connectivity index (χ1n) is 7.74. The summed E-state index contributed by atoms with van der Waals surface area (Å²) in [7, 11) is 1.63. The number of piperidine rings is 1. The minimum Gasteiger partial charge on any atom is -0.497 e. The van der Waals surface area contributed by atoms with Gasteiger partial charge in [-0.15, -0.1) is 0 Å². The number of amides is 1. The van der Waals surface area contributed by atoms with Crippen LogP contribution in [0.4, 0.5) is 0 Å². The van der Waals surface area contributed by atoms with Gasteiger partial charge in [0.1, 0.15) is 18.1 Å². The van der Waals surface area contributed by atoms with Gasteiger partial charge < -0.3 is 20.1 Å². The Morgan fingerprint density at radius 1 is 1.23 bits per heavy atom. The molecule has 5 nitrogen and oxygen atoms in total. The van der Waals surface area contributed by atoms with Crippen LogP contribution in [-0.2, 0) is 4.79 Å².